The van der Waals surface area contributed by atoms with E-state index in [1.165, 1.54) is 48.9 Å². The van der Waals surface area contributed by atoms with Crippen LogP contribution in [0.2, 0.25) is 0 Å². The van der Waals surface area contributed by atoms with Gasteiger partial charge in [-0.2, -0.15) is 28.5 Å². The van der Waals surface area contributed by atoms with E-state index in [-0.39, 0.29) is 34.1 Å². The Morgan fingerprint density at radius 2 is 1.89 bits per heavy atom. The molecule has 0 aromatic carbocycles. The number of methoxy groups -OCH3 is 1. The summed E-state index contributed by atoms with van der Waals surface area (Å²) in [6.45, 7) is 0. The maximum absolute atomic E-state index is 13.3. The van der Waals surface area contributed by atoms with Crippen molar-refractivity contribution in [1.29, 1.82) is 5.26 Å². The molecule has 0 radical (unpaired) electrons. The molecule has 1 N–H and O–H groups in total. The van der Waals surface area contributed by atoms with Crippen LogP contribution >= 0.6 is 0 Å². The van der Waals surface area contributed by atoms with Crippen molar-refractivity contribution in [2.75, 3.05) is 12.4 Å². The van der Waals surface area contributed by atoms with Crippen LogP contribution in [0.25, 0.3) is 16.7 Å². The van der Waals surface area contributed by atoms with Gasteiger partial charge in [-0.3, -0.25) is 4.79 Å². The van der Waals surface area contributed by atoms with Crippen molar-refractivity contribution in [3.63, 3.8) is 0 Å². The van der Waals surface area contributed by atoms with Crippen molar-refractivity contribution in [2.24, 2.45) is 14.1 Å². The maximum Gasteiger partial charge on any atom is 0.417 e. The Balaban J connectivity index is 1.56. The van der Waals surface area contributed by atoms with Crippen LogP contribution in [0.4, 0.5) is 24.8 Å². The molecule has 5 aromatic heterocycles. The van der Waals surface area contributed by atoms with Gasteiger partial charge in [-0.05, 0) is 6.07 Å². The Morgan fingerprint density at radius 3 is 2.59 bits per heavy atom. The molecular formula is C22H16F3N9O3. The minimum atomic E-state index is -4.66. The molecule has 0 unspecified atom stereocenters. The smallest absolute Gasteiger partial charge is 0.417 e. The van der Waals surface area contributed by atoms with Gasteiger partial charge in [0.05, 0.1) is 37.5 Å². The lowest BCUT2D eigenvalue weighted by molar-refractivity contribution is -0.138. The lowest BCUT2D eigenvalue weighted by Gasteiger charge is -2.12. The molecule has 12 nitrogen and oxygen atoms in total. The standard InChI is InChI=1S/C22H16F3N9O3/c1-32-9-11(22(23,24)25)4-13(20(32)35)30-21-31-19-18(33(21)2)12(5-26)15(7-28-19)37-16-8-29-34-10-17(36-3)27-6-14(16)34/h4,6-10H,1-3H3,(H,28,30,31). The third-order valence-electron chi connectivity index (χ3n) is 5.51. The van der Waals surface area contributed by atoms with Gasteiger partial charge < -0.3 is 23.9 Å². The number of nitrogens with zero attached hydrogens (tertiary/aromatic N) is 8. The number of aromatic nitrogens is 7. The van der Waals surface area contributed by atoms with Crippen molar-refractivity contribution >= 4 is 28.3 Å². The van der Waals surface area contributed by atoms with Gasteiger partial charge in [0.25, 0.3) is 5.56 Å². The van der Waals surface area contributed by atoms with E-state index in [9.17, 15) is 23.2 Å². The molecule has 0 amide bonds. The van der Waals surface area contributed by atoms with Gasteiger partial charge in [0.2, 0.25) is 11.8 Å². The van der Waals surface area contributed by atoms with Gasteiger partial charge in [-0.25, -0.2) is 14.5 Å². The highest BCUT2D eigenvalue weighted by atomic mass is 19.4. The van der Waals surface area contributed by atoms with E-state index >= 15 is 0 Å². The minimum absolute atomic E-state index is 0.000136. The zero-order valence-corrected chi connectivity index (χ0v) is 19.4. The van der Waals surface area contributed by atoms with Crippen LogP contribution in [-0.4, -0.2) is 40.8 Å². The van der Waals surface area contributed by atoms with Gasteiger partial charge in [-0.1, -0.05) is 0 Å². The Labute approximate surface area is 205 Å². The summed E-state index contributed by atoms with van der Waals surface area (Å²) < 4.78 is 54.5. The van der Waals surface area contributed by atoms with Crippen molar-refractivity contribution in [3.8, 4) is 23.4 Å². The van der Waals surface area contributed by atoms with Gasteiger partial charge in [-0.15, -0.1) is 0 Å². The van der Waals surface area contributed by atoms with E-state index in [4.69, 9.17) is 9.47 Å². The monoisotopic (exact) mass is 511 g/mol. The fraction of sp³-hybridized carbons (Fsp3) is 0.182. The number of fused-ring (bicyclic) bond motifs is 2. The highest BCUT2D eigenvalue weighted by Crippen LogP contribution is 2.34. The largest absolute Gasteiger partial charge is 0.480 e. The molecule has 0 saturated carbocycles. The van der Waals surface area contributed by atoms with Crippen LogP contribution in [0.15, 0.2) is 41.8 Å². The minimum Gasteiger partial charge on any atom is -0.480 e. The molecule has 0 aliphatic heterocycles. The highest BCUT2D eigenvalue weighted by Gasteiger charge is 2.32. The van der Waals surface area contributed by atoms with Crippen LogP contribution in [0.3, 0.4) is 0 Å². The molecular weight excluding hydrogens is 495 g/mol. The molecule has 15 heteroatoms. The topological polar surface area (TPSA) is 137 Å². The summed E-state index contributed by atoms with van der Waals surface area (Å²) in [7, 11) is 4.20. The number of halogens is 3. The number of hydrogen-bond donors (Lipinski definition) is 1. The van der Waals surface area contributed by atoms with E-state index in [2.05, 4.69) is 31.4 Å². The lowest BCUT2D eigenvalue weighted by atomic mass is 10.2. The van der Waals surface area contributed by atoms with E-state index in [0.29, 0.717) is 29.4 Å². The molecule has 0 bridgehead atoms. The third kappa shape index (κ3) is 4.03. The number of ether oxygens (including phenoxy) is 2. The number of nitrogens with one attached hydrogen (secondary N) is 1. The second kappa shape index (κ2) is 8.52. The molecule has 0 aliphatic rings. The Kier molecular flexibility index (Phi) is 5.43. The average Bonchev–Trinajstić information content (AvgIpc) is 3.41. The predicted molar refractivity (Wildman–Crippen MR) is 123 cm³/mol. The van der Waals surface area contributed by atoms with Crippen LogP contribution < -0.4 is 20.3 Å². The molecule has 0 fully saturated rings. The van der Waals surface area contributed by atoms with Crippen molar-refractivity contribution in [3.05, 3.63) is 58.5 Å². The summed E-state index contributed by atoms with van der Waals surface area (Å²) in [6.07, 6.45) is 1.80. The van der Waals surface area contributed by atoms with Crippen molar-refractivity contribution in [1.82, 2.24) is 33.7 Å². The number of alkyl halides is 3. The number of imidazole rings is 1. The quantitative estimate of drug-likeness (QED) is 0.377. The molecule has 0 spiro atoms. The number of nitriles is 1. The zero-order valence-electron chi connectivity index (χ0n) is 19.4. The van der Waals surface area contributed by atoms with Gasteiger partial charge in [0.15, 0.2) is 17.1 Å². The van der Waals surface area contributed by atoms with Gasteiger partial charge in [0.1, 0.15) is 28.4 Å². The van der Waals surface area contributed by atoms with Crippen LogP contribution in [0.1, 0.15) is 11.1 Å². The number of rotatable bonds is 5. The van der Waals surface area contributed by atoms with E-state index in [1.54, 1.807) is 6.20 Å². The lowest BCUT2D eigenvalue weighted by Crippen LogP contribution is -2.23. The Hall–Kier alpha value is -5.13. The third-order valence-corrected chi connectivity index (χ3v) is 5.51. The summed E-state index contributed by atoms with van der Waals surface area (Å²) >= 11 is 0. The van der Waals surface area contributed by atoms with Gasteiger partial charge >= 0.3 is 6.18 Å². The fourth-order valence-electron chi connectivity index (χ4n) is 3.68. The molecule has 37 heavy (non-hydrogen) atoms. The summed E-state index contributed by atoms with van der Waals surface area (Å²) in [5.74, 6) is 0.722. The van der Waals surface area contributed by atoms with Crippen molar-refractivity contribution < 1.29 is 22.6 Å². The van der Waals surface area contributed by atoms with Crippen LogP contribution in [-0.2, 0) is 20.3 Å². The first-order chi connectivity index (χ1) is 17.6. The first-order valence-corrected chi connectivity index (χ1v) is 10.5. The Morgan fingerprint density at radius 1 is 1.11 bits per heavy atom. The first kappa shape index (κ1) is 23.6. The van der Waals surface area contributed by atoms with E-state index in [1.807, 2.05) is 0 Å². The number of pyridine rings is 2. The second-order valence-corrected chi connectivity index (χ2v) is 7.83. The van der Waals surface area contributed by atoms with Crippen LogP contribution in [0.5, 0.6) is 17.4 Å². The first-order valence-electron chi connectivity index (χ1n) is 10.5. The van der Waals surface area contributed by atoms with Gasteiger partial charge in [0, 0.05) is 20.3 Å². The molecule has 5 heterocycles. The molecule has 0 aliphatic carbocycles. The average molecular weight is 511 g/mol. The summed E-state index contributed by atoms with van der Waals surface area (Å²) in [6, 6.07) is 2.75. The maximum atomic E-state index is 13.3. The number of anilines is 2. The zero-order chi connectivity index (χ0) is 26.5. The summed E-state index contributed by atoms with van der Waals surface area (Å²) in [4.78, 5) is 25.1. The molecule has 5 aromatic rings. The number of aryl methyl sites for hydroxylation is 2. The molecule has 0 saturated heterocycles. The normalized spacial score (nSPS) is 11.6. The van der Waals surface area contributed by atoms with E-state index < -0.39 is 17.3 Å². The second-order valence-electron chi connectivity index (χ2n) is 7.83. The van der Waals surface area contributed by atoms with Crippen molar-refractivity contribution in [2.45, 2.75) is 6.18 Å². The summed E-state index contributed by atoms with van der Waals surface area (Å²) in [5, 5.41) is 16.7. The predicted octanol–water partition coefficient (Wildman–Crippen LogP) is 3.14. The van der Waals surface area contributed by atoms with Crippen LogP contribution in [0, 0.1) is 11.3 Å². The number of hydrogen-bond acceptors (Lipinski definition) is 9. The Bertz CT molecular complexity index is 1780. The summed E-state index contributed by atoms with van der Waals surface area (Å²) in [5.41, 5.74) is -1.14. The molecule has 188 valence electrons. The SMILES string of the molecule is COc1cn2ncc(Oc3cnc4nc(Nc5cc(C(F)(F)F)cn(C)c5=O)n(C)c4c3C#N)c2cn1. The molecule has 5 rings (SSSR count). The fourth-order valence-corrected chi connectivity index (χ4v) is 3.68. The molecule has 0 atom stereocenters. The highest BCUT2D eigenvalue weighted by molar-refractivity contribution is 5.84. The van der Waals surface area contributed by atoms with E-state index in [0.717, 1.165) is 4.57 Å².